The third-order valence-electron chi connectivity index (χ3n) is 8.05. The molecule has 4 heteroatoms. The molecular weight excluding hydrogens is 352 g/mol. The van der Waals surface area contributed by atoms with E-state index in [1.54, 1.807) is 0 Å². The molecule has 0 aromatic rings. The second kappa shape index (κ2) is 9.63. The molecule has 2 unspecified atom stereocenters. The number of esters is 2. The van der Waals surface area contributed by atoms with Crippen molar-refractivity contribution >= 4 is 11.9 Å². The van der Waals surface area contributed by atoms with Gasteiger partial charge in [0.15, 0.2) is 0 Å². The third-order valence-corrected chi connectivity index (χ3v) is 8.05. The zero-order chi connectivity index (χ0) is 20.9. The molecule has 0 aromatic heterocycles. The van der Waals surface area contributed by atoms with E-state index in [1.807, 2.05) is 0 Å². The van der Waals surface area contributed by atoms with Crippen LogP contribution >= 0.6 is 0 Å². The summed E-state index contributed by atoms with van der Waals surface area (Å²) in [7, 11) is 3.02. The van der Waals surface area contributed by atoms with Crippen molar-refractivity contribution < 1.29 is 19.1 Å². The Bertz CT molecular complexity index is 529. The van der Waals surface area contributed by atoms with Gasteiger partial charge >= 0.3 is 11.9 Å². The van der Waals surface area contributed by atoms with Crippen molar-refractivity contribution in [3.63, 3.8) is 0 Å². The van der Waals surface area contributed by atoms with Gasteiger partial charge < -0.3 is 9.47 Å². The number of hydrogen-bond donors (Lipinski definition) is 0. The van der Waals surface area contributed by atoms with Crippen molar-refractivity contribution in [2.75, 3.05) is 14.2 Å². The summed E-state index contributed by atoms with van der Waals surface area (Å²) in [5.41, 5.74) is 0.396. The van der Waals surface area contributed by atoms with E-state index in [0.717, 1.165) is 57.8 Å². The van der Waals surface area contributed by atoms with Crippen molar-refractivity contribution in [2.24, 2.45) is 34.5 Å². The molecule has 2 aliphatic rings. The van der Waals surface area contributed by atoms with E-state index in [0.29, 0.717) is 11.8 Å². The number of carbonyl (C=O) groups is 2. The predicted octanol–water partition coefficient (Wildman–Crippen LogP) is 5.78. The van der Waals surface area contributed by atoms with Crippen molar-refractivity contribution in [2.45, 2.75) is 91.9 Å². The fraction of sp³-hybridized carbons (Fsp3) is 0.917. The average molecular weight is 395 g/mol. The Balaban J connectivity index is 1.95. The van der Waals surface area contributed by atoms with Gasteiger partial charge in [0.1, 0.15) is 0 Å². The molecule has 2 saturated carbocycles. The predicted molar refractivity (Wildman–Crippen MR) is 112 cm³/mol. The van der Waals surface area contributed by atoms with E-state index in [9.17, 15) is 9.59 Å². The lowest BCUT2D eigenvalue weighted by Crippen LogP contribution is -2.39. The summed E-state index contributed by atoms with van der Waals surface area (Å²) < 4.78 is 10.0. The van der Waals surface area contributed by atoms with Crippen LogP contribution in [0.2, 0.25) is 0 Å². The summed E-state index contributed by atoms with van der Waals surface area (Å²) in [4.78, 5) is 24.1. The first kappa shape index (κ1) is 23.2. The number of rotatable bonds is 7. The fourth-order valence-electron chi connectivity index (χ4n) is 5.81. The molecule has 2 aliphatic carbocycles. The van der Waals surface area contributed by atoms with Gasteiger partial charge in [0.2, 0.25) is 0 Å². The van der Waals surface area contributed by atoms with Crippen LogP contribution in [0.3, 0.4) is 0 Å². The van der Waals surface area contributed by atoms with E-state index < -0.39 is 0 Å². The lowest BCUT2D eigenvalue weighted by Gasteiger charge is -2.45. The largest absolute Gasteiger partial charge is 0.469 e. The molecule has 0 spiro atoms. The van der Waals surface area contributed by atoms with Crippen LogP contribution in [0.5, 0.6) is 0 Å². The lowest BCUT2D eigenvalue weighted by molar-refractivity contribution is -0.151. The van der Waals surface area contributed by atoms with Crippen LogP contribution in [0, 0.1) is 34.5 Å². The van der Waals surface area contributed by atoms with Gasteiger partial charge in [0.05, 0.1) is 26.1 Å². The standard InChI is InChI=1S/C24H42O4/c1-23(2,18-13-11-17(12-14-18)21(25)27-5)15-16-24(3,4)20-10-8-7-9-19(20)22(26)28-6/h17-20H,7-16H2,1-6H3. The fourth-order valence-corrected chi connectivity index (χ4v) is 5.81. The molecule has 2 rings (SSSR count). The summed E-state index contributed by atoms with van der Waals surface area (Å²) in [5, 5.41) is 0. The van der Waals surface area contributed by atoms with Crippen LogP contribution in [0.25, 0.3) is 0 Å². The van der Waals surface area contributed by atoms with Crippen molar-refractivity contribution in [3.05, 3.63) is 0 Å². The van der Waals surface area contributed by atoms with E-state index in [-0.39, 0.29) is 34.6 Å². The minimum atomic E-state index is -0.0384. The Morgan fingerprint density at radius 1 is 0.750 bits per heavy atom. The number of carbonyl (C=O) groups excluding carboxylic acids is 2. The van der Waals surface area contributed by atoms with Crippen molar-refractivity contribution in [1.82, 2.24) is 0 Å². The van der Waals surface area contributed by atoms with Crippen molar-refractivity contribution in [1.29, 1.82) is 0 Å². The maximum atomic E-state index is 12.3. The first-order valence-electron chi connectivity index (χ1n) is 11.3. The van der Waals surface area contributed by atoms with Crippen molar-refractivity contribution in [3.8, 4) is 0 Å². The Labute approximate surface area is 172 Å². The molecule has 2 fully saturated rings. The van der Waals surface area contributed by atoms with Crippen LogP contribution in [-0.4, -0.2) is 26.2 Å². The Kier molecular flexibility index (Phi) is 7.98. The molecule has 4 nitrogen and oxygen atoms in total. The molecule has 0 bridgehead atoms. The summed E-state index contributed by atoms with van der Waals surface area (Å²) in [6.07, 6.45) is 10.9. The maximum absolute atomic E-state index is 12.3. The SMILES string of the molecule is COC(=O)C1CCC(C(C)(C)CCC(C)(C)C2CCCCC2C(=O)OC)CC1. The highest BCUT2D eigenvalue weighted by Gasteiger charge is 2.43. The quantitative estimate of drug-likeness (QED) is 0.514. The van der Waals surface area contributed by atoms with E-state index in [4.69, 9.17) is 9.47 Å². The molecule has 2 atom stereocenters. The molecule has 0 N–H and O–H groups in total. The molecule has 0 aliphatic heterocycles. The highest BCUT2D eigenvalue weighted by atomic mass is 16.5. The summed E-state index contributed by atoms with van der Waals surface area (Å²) >= 11 is 0. The molecule has 0 radical (unpaired) electrons. The second-order valence-corrected chi connectivity index (χ2v) is 10.6. The molecule has 0 amide bonds. The Hall–Kier alpha value is -1.06. The van der Waals surface area contributed by atoms with Crippen LogP contribution in [0.15, 0.2) is 0 Å². The lowest BCUT2D eigenvalue weighted by atomic mass is 9.60. The van der Waals surface area contributed by atoms with Gasteiger partial charge in [-0.3, -0.25) is 9.59 Å². The number of ether oxygens (including phenoxy) is 2. The Morgan fingerprint density at radius 2 is 1.29 bits per heavy atom. The number of hydrogen-bond acceptors (Lipinski definition) is 4. The van der Waals surface area contributed by atoms with Gasteiger partial charge in [-0.05, 0) is 74.0 Å². The highest BCUT2D eigenvalue weighted by molar-refractivity contribution is 5.73. The molecule has 0 heterocycles. The van der Waals surface area contributed by atoms with Gasteiger partial charge in [0.25, 0.3) is 0 Å². The molecular formula is C24H42O4. The first-order valence-corrected chi connectivity index (χ1v) is 11.3. The zero-order valence-corrected chi connectivity index (χ0v) is 19.0. The van der Waals surface area contributed by atoms with Crippen LogP contribution < -0.4 is 0 Å². The van der Waals surface area contributed by atoms with Gasteiger partial charge in [-0.2, -0.15) is 0 Å². The van der Waals surface area contributed by atoms with Gasteiger partial charge in [-0.1, -0.05) is 40.5 Å². The highest BCUT2D eigenvalue weighted by Crippen LogP contribution is 2.49. The van der Waals surface area contributed by atoms with Crippen LogP contribution in [0.4, 0.5) is 0 Å². The summed E-state index contributed by atoms with van der Waals surface area (Å²) in [6, 6.07) is 0. The normalized spacial score (nSPS) is 29.2. The minimum absolute atomic E-state index is 0.0156. The maximum Gasteiger partial charge on any atom is 0.308 e. The minimum Gasteiger partial charge on any atom is -0.469 e. The number of methoxy groups -OCH3 is 2. The van der Waals surface area contributed by atoms with E-state index >= 15 is 0 Å². The molecule has 0 saturated heterocycles. The topological polar surface area (TPSA) is 52.6 Å². The molecule has 162 valence electrons. The van der Waals surface area contributed by atoms with Gasteiger partial charge in [0, 0.05) is 0 Å². The average Bonchev–Trinajstić information content (AvgIpc) is 2.71. The second-order valence-electron chi connectivity index (χ2n) is 10.6. The summed E-state index contributed by atoms with van der Waals surface area (Å²) in [5.74, 6) is 1.18. The molecule has 0 aromatic carbocycles. The Morgan fingerprint density at radius 3 is 1.86 bits per heavy atom. The van der Waals surface area contributed by atoms with Gasteiger partial charge in [-0.15, -0.1) is 0 Å². The van der Waals surface area contributed by atoms with Gasteiger partial charge in [-0.25, -0.2) is 0 Å². The van der Waals surface area contributed by atoms with E-state index in [1.165, 1.54) is 20.6 Å². The molecule has 28 heavy (non-hydrogen) atoms. The van der Waals surface area contributed by atoms with Crippen LogP contribution in [-0.2, 0) is 19.1 Å². The summed E-state index contributed by atoms with van der Waals surface area (Å²) in [6.45, 7) is 9.49. The monoisotopic (exact) mass is 394 g/mol. The third kappa shape index (κ3) is 5.51. The van der Waals surface area contributed by atoms with Crippen LogP contribution in [0.1, 0.15) is 91.9 Å². The van der Waals surface area contributed by atoms with E-state index in [2.05, 4.69) is 27.7 Å². The first-order chi connectivity index (χ1) is 13.1. The smallest absolute Gasteiger partial charge is 0.308 e. The zero-order valence-electron chi connectivity index (χ0n) is 19.0.